The maximum Gasteiger partial charge on any atom is 0.275 e. The molecule has 1 aromatic carbocycles. The highest BCUT2D eigenvalue weighted by atomic mass is 16.2. The van der Waals surface area contributed by atoms with E-state index in [-0.39, 0.29) is 5.91 Å². The van der Waals surface area contributed by atoms with Gasteiger partial charge in [0.25, 0.3) is 5.91 Å². The van der Waals surface area contributed by atoms with Crippen molar-refractivity contribution >= 4 is 16.8 Å². The quantitative estimate of drug-likeness (QED) is 0.918. The molecule has 1 unspecified atom stereocenters. The third-order valence-electron chi connectivity index (χ3n) is 4.11. The Bertz CT molecular complexity index is 634. The van der Waals surface area contributed by atoms with E-state index in [1.165, 1.54) is 0 Å². The maximum atomic E-state index is 12.6. The number of likely N-dealkylation sites (tertiary alicyclic amines) is 1. The lowest BCUT2D eigenvalue weighted by molar-refractivity contribution is 0.0782. The Kier molecular flexibility index (Phi) is 3.44. The molecule has 5 heteroatoms. The van der Waals surface area contributed by atoms with E-state index < -0.39 is 0 Å². The van der Waals surface area contributed by atoms with Crippen LogP contribution in [0.15, 0.2) is 24.3 Å². The summed E-state index contributed by atoms with van der Waals surface area (Å²) in [4.78, 5) is 14.6. The van der Waals surface area contributed by atoms with E-state index in [9.17, 15) is 4.79 Å². The van der Waals surface area contributed by atoms with Crippen LogP contribution in [0, 0.1) is 5.92 Å². The zero-order chi connectivity index (χ0) is 14.1. The third kappa shape index (κ3) is 2.18. The van der Waals surface area contributed by atoms with Crippen LogP contribution in [-0.2, 0) is 7.05 Å². The second-order valence-electron chi connectivity index (χ2n) is 5.47. The highest BCUT2D eigenvalue weighted by molar-refractivity contribution is 6.04. The Morgan fingerprint density at radius 1 is 1.45 bits per heavy atom. The van der Waals surface area contributed by atoms with E-state index >= 15 is 0 Å². The first kappa shape index (κ1) is 13.1. The standard InChI is InChI=1S/C15H20N4O/c1-18-13-5-3-2-4-12(13)14(17-18)15(20)19-9-7-11(10-19)6-8-16/h2-5,11H,6-10,16H2,1H3. The summed E-state index contributed by atoms with van der Waals surface area (Å²) in [5.74, 6) is 0.584. The molecule has 1 fully saturated rings. The third-order valence-corrected chi connectivity index (χ3v) is 4.11. The Hall–Kier alpha value is -1.88. The fraction of sp³-hybridized carbons (Fsp3) is 0.467. The molecule has 0 aliphatic carbocycles. The number of aromatic nitrogens is 2. The number of amides is 1. The lowest BCUT2D eigenvalue weighted by atomic mass is 10.1. The minimum absolute atomic E-state index is 0.0429. The van der Waals surface area contributed by atoms with E-state index in [1.54, 1.807) is 4.68 Å². The van der Waals surface area contributed by atoms with Crippen LogP contribution in [0.4, 0.5) is 0 Å². The van der Waals surface area contributed by atoms with Crippen molar-refractivity contribution in [3.63, 3.8) is 0 Å². The van der Waals surface area contributed by atoms with Gasteiger partial charge in [0.2, 0.25) is 0 Å². The van der Waals surface area contributed by atoms with Crippen molar-refractivity contribution in [1.29, 1.82) is 0 Å². The zero-order valence-corrected chi connectivity index (χ0v) is 11.7. The summed E-state index contributed by atoms with van der Waals surface area (Å²) in [5.41, 5.74) is 7.16. The Labute approximate surface area is 118 Å². The Balaban J connectivity index is 1.86. The fourth-order valence-electron chi connectivity index (χ4n) is 3.01. The van der Waals surface area contributed by atoms with E-state index in [2.05, 4.69) is 5.10 Å². The molecular weight excluding hydrogens is 252 g/mol. The van der Waals surface area contributed by atoms with Gasteiger partial charge in [-0.1, -0.05) is 18.2 Å². The number of hydrogen-bond acceptors (Lipinski definition) is 3. The van der Waals surface area contributed by atoms with Crippen LogP contribution < -0.4 is 5.73 Å². The second kappa shape index (κ2) is 5.25. The molecule has 20 heavy (non-hydrogen) atoms. The van der Waals surface area contributed by atoms with Gasteiger partial charge in [0.15, 0.2) is 5.69 Å². The molecule has 1 saturated heterocycles. The number of para-hydroxylation sites is 1. The lowest BCUT2D eigenvalue weighted by Gasteiger charge is -2.15. The number of carbonyl (C=O) groups excluding carboxylic acids is 1. The van der Waals surface area contributed by atoms with Crippen LogP contribution in [0.1, 0.15) is 23.3 Å². The van der Waals surface area contributed by atoms with Gasteiger partial charge in [-0.15, -0.1) is 0 Å². The highest BCUT2D eigenvalue weighted by Gasteiger charge is 2.28. The van der Waals surface area contributed by atoms with E-state index in [1.807, 2.05) is 36.2 Å². The Morgan fingerprint density at radius 3 is 3.05 bits per heavy atom. The van der Waals surface area contributed by atoms with Crippen LogP contribution in [0.3, 0.4) is 0 Å². The molecule has 0 bridgehead atoms. The number of carbonyl (C=O) groups is 1. The number of nitrogens with two attached hydrogens (primary N) is 1. The maximum absolute atomic E-state index is 12.6. The van der Waals surface area contributed by atoms with E-state index in [0.717, 1.165) is 36.8 Å². The molecule has 0 spiro atoms. The molecule has 1 atom stereocenters. The molecule has 0 saturated carbocycles. The first-order chi connectivity index (χ1) is 9.70. The largest absolute Gasteiger partial charge is 0.337 e. The number of benzene rings is 1. The van der Waals surface area contributed by atoms with Crippen molar-refractivity contribution < 1.29 is 4.79 Å². The molecule has 0 radical (unpaired) electrons. The van der Waals surface area contributed by atoms with Crippen molar-refractivity contribution in [3.8, 4) is 0 Å². The molecule has 2 aromatic rings. The van der Waals surface area contributed by atoms with Gasteiger partial charge in [-0.25, -0.2) is 0 Å². The van der Waals surface area contributed by atoms with Gasteiger partial charge in [0, 0.05) is 25.5 Å². The molecule has 5 nitrogen and oxygen atoms in total. The Morgan fingerprint density at radius 2 is 2.25 bits per heavy atom. The number of hydrogen-bond donors (Lipinski definition) is 1. The van der Waals surface area contributed by atoms with Gasteiger partial charge >= 0.3 is 0 Å². The van der Waals surface area contributed by atoms with Crippen LogP contribution >= 0.6 is 0 Å². The van der Waals surface area contributed by atoms with Crippen LogP contribution in [0.25, 0.3) is 10.9 Å². The average Bonchev–Trinajstić information content (AvgIpc) is 3.05. The van der Waals surface area contributed by atoms with Crippen molar-refractivity contribution in [2.45, 2.75) is 12.8 Å². The molecular formula is C15H20N4O. The number of rotatable bonds is 3. The highest BCUT2D eigenvalue weighted by Crippen LogP contribution is 2.24. The molecule has 2 heterocycles. The molecule has 1 aromatic heterocycles. The summed E-state index contributed by atoms with van der Waals surface area (Å²) in [6.07, 6.45) is 2.04. The van der Waals surface area contributed by atoms with Gasteiger partial charge in [-0.2, -0.15) is 5.10 Å². The number of fused-ring (bicyclic) bond motifs is 1. The minimum Gasteiger partial charge on any atom is -0.337 e. The summed E-state index contributed by atoms with van der Waals surface area (Å²) in [7, 11) is 1.88. The SMILES string of the molecule is Cn1nc(C(=O)N2CCC(CCN)C2)c2ccccc21. The summed E-state index contributed by atoms with van der Waals surface area (Å²) in [5, 5.41) is 5.34. The summed E-state index contributed by atoms with van der Waals surface area (Å²) in [6, 6.07) is 7.86. The topological polar surface area (TPSA) is 64.2 Å². The molecule has 2 N–H and O–H groups in total. The van der Waals surface area contributed by atoms with Gasteiger partial charge in [-0.3, -0.25) is 9.48 Å². The van der Waals surface area contributed by atoms with Crippen LogP contribution in [-0.4, -0.2) is 40.2 Å². The van der Waals surface area contributed by atoms with Crippen LogP contribution in [0.2, 0.25) is 0 Å². The van der Waals surface area contributed by atoms with Gasteiger partial charge in [0.1, 0.15) is 0 Å². The average molecular weight is 272 g/mol. The zero-order valence-electron chi connectivity index (χ0n) is 11.7. The normalized spacial score (nSPS) is 18.9. The number of aryl methyl sites for hydroxylation is 1. The predicted octanol–water partition coefficient (Wildman–Crippen LogP) is 1.38. The summed E-state index contributed by atoms with van der Waals surface area (Å²) in [6.45, 7) is 2.31. The van der Waals surface area contributed by atoms with E-state index in [0.29, 0.717) is 18.2 Å². The first-order valence-electron chi connectivity index (χ1n) is 7.11. The predicted molar refractivity (Wildman–Crippen MR) is 78.4 cm³/mol. The first-order valence-corrected chi connectivity index (χ1v) is 7.11. The molecule has 1 aliphatic rings. The lowest BCUT2D eigenvalue weighted by Crippen LogP contribution is -2.29. The van der Waals surface area contributed by atoms with E-state index in [4.69, 9.17) is 5.73 Å². The minimum atomic E-state index is 0.0429. The smallest absolute Gasteiger partial charge is 0.275 e. The molecule has 3 rings (SSSR count). The second-order valence-corrected chi connectivity index (χ2v) is 5.47. The van der Waals surface area contributed by atoms with Gasteiger partial charge in [-0.05, 0) is 31.4 Å². The number of nitrogens with zero attached hydrogens (tertiary/aromatic N) is 3. The van der Waals surface area contributed by atoms with Crippen molar-refractivity contribution in [3.05, 3.63) is 30.0 Å². The monoisotopic (exact) mass is 272 g/mol. The molecule has 1 amide bonds. The van der Waals surface area contributed by atoms with Crippen molar-refractivity contribution in [1.82, 2.24) is 14.7 Å². The summed E-state index contributed by atoms with van der Waals surface area (Å²) >= 11 is 0. The molecule has 106 valence electrons. The fourth-order valence-corrected chi connectivity index (χ4v) is 3.01. The van der Waals surface area contributed by atoms with Crippen LogP contribution in [0.5, 0.6) is 0 Å². The van der Waals surface area contributed by atoms with Gasteiger partial charge < -0.3 is 10.6 Å². The summed E-state index contributed by atoms with van der Waals surface area (Å²) < 4.78 is 1.77. The van der Waals surface area contributed by atoms with Crippen molar-refractivity contribution in [2.24, 2.45) is 18.7 Å². The van der Waals surface area contributed by atoms with Crippen molar-refractivity contribution in [2.75, 3.05) is 19.6 Å². The van der Waals surface area contributed by atoms with Gasteiger partial charge in [0.05, 0.1) is 5.52 Å². The molecule has 1 aliphatic heterocycles.